The van der Waals surface area contributed by atoms with Crippen LogP contribution in [0.25, 0.3) is 0 Å². The average molecular weight is 415 g/mol. The van der Waals surface area contributed by atoms with Crippen LogP contribution in [-0.4, -0.2) is 36.2 Å². The SMILES string of the molecule is Cc1cccc(NC(=O)NC(=O)COC(=O)c2ccccc2SCC(N)=O)c1C. The number of carbonyl (C=O) groups excluding carboxylic acids is 4. The molecule has 0 aliphatic heterocycles. The van der Waals surface area contributed by atoms with Crippen molar-refractivity contribution in [2.24, 2.45) is 5.73 Å². The fraction of sp³-hybridized carbons (Fsp3) is 0.200. The summed E-state index contributed by atoms with van der Waals surface area (Å²) < 4.78 is 4.97. The van der Waals surface area contributed by atoms with E-state index in [9.17, 15) is 19.2 Å². The lowest BCUT2D eigenvalue weighted by Gasteiger charge is -2.11. The standard InChI is InChI=1S/C20H21N3O5S/c1-12-6-5-8-15(13(12)2)22-20(27)23-18(25)10-28-19(26)14-7-3-4-9-16(14)29-11-17(21)24/h3-9H,10-11H2,1-2H3,(H2,21,24)(H2,22,23,25,27). The Bertz CT molecular complexity index is 945. The number of thioether (sulfide) groups is 1. The summed E-state index contributed by atoms with van der Waals surface area (Å²) in [5.41, 5.74) is 7.77. The van der Waals surface area contributed by atoms with Gasteiger partial charge in [0.2, 0.25) is 5.91 Å². The van der Waals surface area contributed by atoms with Crippen LogP contribution in [0, 0.1) is 13.8 Å². The second-order valence-electron chi connectivity index (χ2n) is 6.08. The highest BCUT2D eigenvalue weighted by atomic mass is 32.2. The van der Waals surface area contributed by atoms with Crippen LogP contribution in [0.2, 0.25) is 0 Å². The number of carbonyl (C=O) groups is 4. The molecule has 0 aliphatic rings. The fourth-order valence-corrected chi connectivity index (χ4v) is 3.10. The number of imide groups is 1. The van der Waals surface area contributed by atoms with Crippen LogP contribution in [-0.2, 0) is 14.3 Å². The van der Waals surface area contributed by atoms with Crippen molar-refractivity contribution in [1.82, 2.24) is 5.32 Å². The Kier molecular flexibility index (Phi) is 7.79. The van der Waals surface area contributed by atoms with Crippen molar-refractivity contribution in [3.05, 3.63) is 59.2 Å². The van der Waals surface area contributed by atoms with Gasteiger partial charge in [0.1, 0.15) is 0 Å². The molecule has 9 heteroatoms. The highest BCUT2D eigenvalue weighted by Gasteiger charge is 2.16. The zero-order valence-electron chi connectivity index (χ0n) is 16.0. The van der Waals surface area contributed by atoms with Gasteiger partial charge in [-0.15, -0.1) is 11.8 Å². The molecule has 29 heavy (non-hydrogen) atoms. The third-order valence-electron chi connectivity index (χ3n) is 3.92. The molecule has 4 amide bonds. The summed E-state index contributed by atoms with van der Waals surface area (Å²) in [6.07, 6.45) is 0. The Hall–Kier alpha value is -3.33. The smallest absolute Gasteiger partial charge is 0.339 e. The molecule has 0 fully saturated rings. The number of hydrogen-bond donors (Lipinski definition) is 3. The van der Waals surface area contributed by atoms with Crippen molar-refractivity contribution in [3.63, 3.8) is 0 Å². The molecule has 0 heterocycles. The maximum atomic E-state index is 12.2. The minimum absolute atomic E-state index is 0.00330. The third-order valence-corrected chi connectivity index (χ3v) is 5.01. The Morgan fingerprint density at radius 3 is 2.48 bits per heavy atom. The van der Waals surface area contributed by atoms with E-state index in [-0.39, 0.29) is 11.3 Å². The first-order valence-corrected chi connectivity index (χ1v) is 9.60. The van der Waals surface area contributed by atoms with Crippen LogP contribution in [0.5, 0.6) is 0 Å². The summed E-state index contributed by atoms with van der Waals surface area (Å²) in [6.45, 7) is 3.12. The summed E-state index contributed by atoms with van der Waals surface area (Å²) in [4.78, 5) is 47.6. The number of urea groups is 1. The molecule has 152 valence electrons. The molecule has 2 aromatic carbocycles. The van der Waals surface area contributed by atoms with Crippen molar-refractivity contribution >= 4 is 41.3 Å². The minimum atomic E-state index is -0.775. The maximum absolute atomic E-state index is 12.2. The molecule has 2 aromatic rings. The first-order chi connectivity index (χ1) is 13.8. The van der Waals surface area contributed by atoms with Gasteiger partial charge in [-0.2, -0.15) is 0 Å². The van der Waals surface area contributed by atoms with Gasteiger partial charge in [0.15, 0.2) is 6.61 Å². The molecule has 0 bridgehead atoms. The Morgan fingerprint density at radius 1 is 1.03 bits per heavy atom. The van der Waals surface area contributed by atoms with Gasteiger partial charge in [0.25, 0.3) is 5.91 Å². The van der Waals surface area contributed by atoms with Crippen molar-refractivity contribution < 1.29 is 23.9 Å². The number of nitrogens with two attached hydrogens (primary N) is 1. The van der Waals surface area contributed by atoms with Gasteiger partial charge in [-0.25, -0.2) is 9.59 Å². The number of amides is 4. The first kappa shape index (κ1) is 22.0. The van der Waals surface area contributed by atoms with Crippen LogP contribution in [0.1, 0.15) is 21.5 Å². The number of nitrogens with one attached hydrogen (secondary N) is 2. The largest absolute Gasteiger partial charge is 0.452 e. The van der Waals surface area contributed by atoms with Crippen molar-refractivity contribution in [2.75, 3.05) is 17.7 Å². The summed E-state index contributed by atoms with van der Waals surface area (Å²) in [7, 11) is 0. The van der Waals surface area contributed by atoms with Gasteiger partial charge >= 0.3 is 12.0 Å². The van der Waals surface area contributed by atoms with Gasteiger partial charge in [0.05, 0.1) is 11.3 Å². The number of esters is 1. The number of benzene rings is 2. The van der Waals surface area contributed by atoms with Gasteiger partial charge in [-0.05, 0) is 43.2 Å². The molecule has 0 aromatic heterocycles. The predicted molar refractivity (Wildman–Crippen MR) is 110 cm³/mol. The van der Waals surface area contributed by atoms with E-state index < -0.39 is 30.4 Å². The number of rotatable bonds is 7. The lowest BCUT2D eigenvalue weighted by atomic mass is 10.1. The van der Waals surface area contributed by atoms with Crippen LogP contribution < -0.4 is 16.4 Å². The molecular formula is C20H21N3O5S. The zero-order valence-corrected chi connectivity index (χ0v) is 16.8. The number of ether oxygens (including phenoxy) is 1. The Balaban J connectivity index is 1.89. The van der Waals surface area contributed by atoms with E-state index in [0.717, 1.165) is 22.9 Å². The Morgan fingerprint density at radius 2 is 1.76 bits per heavy atom. The summed E-state index contributed by atoms with van der Waals surface area (Å²) in [5.74, 6) is -2.04. The van der Waals surface area contributed by atoms with Crippen LogP contribution >= 0.6 is 11.8 Å². The van der Waals surface area contributed by atoms with E-state index in [1.54, 1.807) is 30.3 Å². The van der Waals surface area contributed by atoms with Gasteiger partial charge in [-0.1, -0.05) is 24.3 Å². The zero-order chi connectivity index (χ0) is 21.4. The highest BCUT2D eigenvalue weighted by molar-refractivity contribution is 8.00. The lowest BCUT2D eigenvalue weighted by Crippen LogP contribution is -2.37. The monoisotopic (exact) mass is 415 g/mol. The van der Waals surface area contributed by atoms with E-state index in [0.29, 0.717) is 10.6 Å². The van der Waals surface area contributed by atoms with E-state index in [1.165, 1.54) is 6.07 Å². The highest BCUT2D eigenvalue weighted by Crippen LogP contribution is 2.23. The molecule has 8 nitrogen and oxygen atoms in total. The average Bonchev–Trinajstić information content (AvgIpc) is 2.68. The molecule has 0 atom stereocenters. The summed E-state index contributed by atoms with van der Waals surface area (Å²) in [6, 6.07) is 11.2. The van der Waals surface area contributed by atoms with Crippen molar-refractivity contribution in [2.45, 2.75) is 18.7 Å². The molecule has 0 saturated heterocycles. The maximum Gasteiger partial charge on any atom is 0.339 e. The normalized spacial score (nSPS) is 10.1. The molecule has 0 spiro atoms. The Labute approximate surface area is 172 Å². The van der Waals surface area contributed by atoms with Gasteiger partial charge < -0.3 is 15.8 Å². The molecule has 0 radical (unpaired) electrons. The number of hydrogen-bond acceptors (Lipinski definition) is 6. The van der Waals surface area contributed by atoms with Crippen LogP contribution in [0.4, 0.5) is 10.5 Å². The summed E-state index contributed by atoms with van der Waals surface area (Å²) >= 11 is 1.09. The van der Waals surface area contributed by atoms with E-state index in [2.05, 4.69) is 10.6 Å². The molecule has 2 rings (SSSR count). The number of aryl methyl sites for hydroxylation is 1. The number of primary amides is 1. The molecule has 0 aliphatic carbocycles. The minimum Gasteiger partial charge on any atom is -0.452 e. The van der Waals surface area contributed by atoms with Crippen molar-refractivity contribution in [3.8, 4) is 0 Å². The van der Waals surface area contributed by atoms with Crippen LogP contribution in [0.15, 0.2) is 47.4 Å². The molecule has 0 saturated carbocycles. The quantitative estimate of drug-likeness (QED) is 0.471. The third kappa shape index (κ3) is 6.65. The lowest BCUT2D eigenvalue weighted by molar-refractivity contribution is -0.123. The fourth-order valence-electron chi connectivity index (χ4n) is 2.32. The van der Waals surface area contributed by atoms with Crippen molar-refractivity contribution in [1.29, 1.82) is 0 Å². The molecule has 0 unspecified atom stereocenters. The summed E-state index contributed by atoms with van der Waals surface area (Å²) in [5, 5.41) is 4.68. The van der Waals surface area contributed by atoms with Crippen LogP contribution in [0.3, 0.4) is 0 Å². The predicted octanol–water partition coefficient (Wildman–Crippen LogP) is 2.39. The van der Waals surface area contributed by atoms with E-state index >= 15 is 0 Å². The topological polar surface area (TPSA) is 128 Å². The van der Waals surface area contributed by atoms with E-state index in [1.807, 2.05) is 19.9 Å². The second-order valence-corrected chi connectivity index (χ2v) is 7.09. The van der Waals surface area contributed by atoms with Gasteiger partial charge in [0, 0.05) is 10.6 Å². The number of anilines is 1. The van der Waals surface area contributed by atoms with E-state index in [4.69, 9.17) is 10.5 Å². The molecule has 4 N–H and O–H groups in total. The second kappa shape index (κ2) is 10.3. The first-order valence-electron chi connectivity index (χ1n) is 8.62. The molecular weight excluding hydrogens is 394 g/mol. The van der Waals surface area contributed by atoms with Gasteiger partial charge in [-0.3, -0.25) is 14.9 Å².